The van der Waals surface area contributed by atoms with Crippen molar-refractivity contribution < 1.29 is 9.72 Å². The van der Waals surface area contributed by atoms with Gasteiger partial charge in [0.1, 0.15) is 0 Å². The lowest BCUT2D eigenvalue weighted by atomic mass is 10.1. The standard InChI is InChI=1S/C30H24N4O4S/c1-19-13-20(2)15-23(14-19)31-28(35)22-11-12-26-27(17-22)32-30(33(29(26)36)24-8-4-3-5-9-24)39-18-21-7-6-10-25(16-21)34(37)38/h3-17H,18H2,1-2H3,(H,31,35). The molecule has 0 bridgehead atoms. The third kappa shape index (κ3) is 5.73. The molecule has 5 rings (SSSR count). The lowest BCUT2D eigenvalue weighted by Crippen LogP contribution is -2.22. The molecule has 1 aromatic heterocycles. The number of nitrogens with zero attached hydrogens (tertiary/aromatic N) is 3. The zero-order chi connectivity index (χ0) is 27.5. The van der Waals surface area contributed by atoms with Gasteiger partial charge in [-0.3, -0.25) is 24.3 Å². The average Bonchev–Trinajstić information content (AvgIpc) is 2.91. The van der Waals surface area contributed by atoms with Crippen molar-refractivity contribution in [1.82, 2.24) is 9.55 Å². The van der Waals surface area contributed by atoms with Crippen LogP contribution in [0.25, 0.3) is 16.6 Å². The fourth-order valence-corrected chi connectivity index (χ4v) is 5.32. The summed E-state index contributed by atoms with van der Waals surface area (Å²) in [6, 6.07) is 26.2. The minimum atomic E-state index is -0.438. The number of amides is 1. The maximum atomic E-state index is 13.7. The molecule has 8 nitrogen and oxygen atoms in total. The topological polar surface area (TPSA) is 107 Å². The van der Waals surface area contributed by atoms with Gasteiger partial charge in [-0.05, 0) is 73.0 Å². The SMILES string of the molecule is Cc1cc(C)cc(NC(=O)c2ccc3c(=O)n(-c4ccccc4)c(SCc4cccc([N+](=O)[O-])c4)nc3c2)c1. The predicted octanol–water partition coefficient (Wildman–Crippen LogP) is 6.46. The van der Waals surface area contributed by atoms with Crippen molar-refractivity contribution in [2.24, 2.45) is 0 Å². The molecule has 9 heteroatoms. The summed E-state index contributed by atoms with van der Waals surface area (Å²) in [4.78, 5) is 42.3. The summed E-state index contributed by atoms with van der Waals surface area (Å²) in [5, 5.41) is 14.9. The second-order valence-corrected chi connectivity index (χ2v) is 10.1. The van der Waals surface area contributed by atoms with E-state index in [4.69, 9.17) is 4.98 Å². The Morgan fingerprint density at radius 2 is 1.69 bits per heavy atom. The molecule has 194 valence electrons. The highest BCUT2D eigenvalue weighted by atomic mass is 32.2. The number of hydrogen-bond acceptors (Lipinski definition) is 6. The Bertz CT molecular complexity index is 1760. The van der Waals surface area contributed by atoms with Gasteiger partial charge in [-0.1, -0.05) is 48.2 Å². The molecule has 39 heavy (non-hydrogen) atoms. The van der Waals surface area contributed by atoms with E-state index in [1.807, 2.05) is 62.4 Å². The van der Waals surface area contributed by atoms with E-state index in [-0.39, 0.29) is 17.2 Å². The van der Waals surface area contributed by atoms with Gasteiger partial charge in [-0.15, -0.1) is 0 Å². The van der Waals surface area contributed by atoms with E-state index in [0.29, 0.717) is 38.8 Å². The lowest BCUT2D eigenvalue weighted by molar-refractivity contribution is -0.384. The number of aromatic nitrogens is 2. The first kappa shape index (κ1) is 25.9. The molecule has 0 spiro atoms. The van der Waals surface area contributed by atoms with Crippen molar-refractivity contribution in [1.29, 1.82) is 0 Å². The van der Waals surface area contributed by atoms with E-state index in [0.717, 1.165) is 16.7 Å². The second-order valence-electron chi connectivity index (χ2n) is 9.15. The second kappa shape index (κ2) is 10.9. The van der Waals surface area contributed by atoms with E-state index in [2.05, 4.69) is 5.32 Å². The van der Waals surface area contributed by atoms with Crippen LogP contribution in [0.5, 0.6) is 0 Å². The number of nitrogens with one attached hydrogen (secondary N) is 1. The number of hydrogen-bond donors (Lipinski definition) is 1. The number of rotatable bonds is 7. The van der Waals surface area contributed by atoms with Gasteiger partial charge in [0, 0.05) is 29.1 Å². The third-order valence-electron chi connectivity index (χ3n) is 6.08. The van der Waals surface area contributed by atoms with Gasteiger partial charge in [-0.25, -0.2) is 4.98 Å². The van der Waals surface area contributed by atoms with Crippen LogP contribution >= 0.6 is 11.8 Å². The molecule has 0 unspecified atom stereocenters. The summed E-state index contributed by atoms with van der Waals surface area (Å²) in [7, 11) is 0. The minimum Gasteiger partial charge on any atom is -0.322 e. The molecule has 1 N–H and O–H groups in total. The number of carbonyl (C=O) groups excluding carboxylic acids is 1. The highest BCUT2D eigenvalue weighted by molar-refractivity contribution is 7.98. The number of benzene rings is 4. The summed E-state index contributed by atoms with van der Waals surface area (Å²) >= 11 is 1.29. The molecule has 0 saturated heterocycles. The van der Waals surface area contributed by atoms with Crippen LogP contribution in [-0.2, 0) is 5.75 Å². The van der Waals surface area contributed by atoms with Crippen molar-refractivity contribution in [3.63, 3.8) is 0 Å². The van der Waals surface area contributed by atoms with Gasteiger partial charge < -0.3 is 5.32 Å². The van der Waals surface area contributed by atoms with Gasteiger partial charge >= 0.3 is 0 Å². The summed E-state index contributed by atoms with van der Waals surface area (Å²) in [5.74, 6) is 0.0565. The minimum absolute atomic E-state index is 0.000483. The molecule has 0 aliphatic carbocycles. The molecular formula is C30H24N4O4S. The number of nitro groups is 1. The molecule has 5 aromatic rings. The van der Waals surface area contributed by atoms with Crippen LogP contribution in [0.1, 0.15) is 27.0 Å². The van der Waals surface area contributed by atoms with Gasteiger partial charge in [-0.2, -0.15) is 0 Å². The first-order valence-electron chi connectivity index (χ1n) is 12.2. The highest BCUT2D eigenvalue weighted by Gasteiger charge is 2.16. The van der Waals surface area contributed by atoms with Crippen LogP contribution in [0.3, 0.4) is 0 Å². The van der Waals surface area contributed by atoms with E-state index >= 15 is 0 Å². The molecule has 1 amide bonds. The molecule has 0 saturated carbocycles. The molecular weight excluding hydrogens is 512 g/mol. The van der Waals surface area contributed by atoms with Crippen LogP contribution in [0, 0.1) is 24.0 Å². The van der Waals surface area contributed by atoms with Crippen molar-refractivity contribution in [3.05, 3.63) is 134 Å². The predicted molar refractivity (Wildman–Crippen MR) is 154 cm³/mol. The summed E-state index contributed by atoms with van der Waals surface area (Å²) in [6.07, 6.45) is 0. The van der Waals surface area contributed by atoms with E-state index in [1.165, 1.54) is 28.5 Å². The van der Waals surface area contributed by atoms with Gasteiger partial charge in [0.15, 0.2) is 5.16 Å². The Morgan fingerprint density at radius 1 is 0.949 bits per heavy atom. The fourth-order valence-electron chi connectivity index (χ4n) is 4.37. The summed E-state index contributed by atoms with van der Waals surface area (Å²) in [6.45, 7) is 3.93. The van der Waals surface area contributed by atoms with Crippen LogP contribution < -0.4 is 10.9 Å². The third-order valence-corrected chi connectivity index (χ3v) is 7.09. The molecule has 1 heterocycles. The van der Waals surface area contributed by atoms with Crippen molar-refractivity contribution in [3.8, 4) is 5.69 Å². The first-order chi connectivity index (χ1) is 18.8. The number of fused-ring (bicyclic) bond motifs is 1. The number of anilines is 1. The van der Waals surface area contributed by atoms with Crippen molar-refractivity contribution >= 4 is 39.9 Å². The molecule has 4 aromatic carbocycles. The summed E-state index contributed by atoms with van der Waals surface area (Å²) < 4.78 is 1.53. The number of thioether (sulfide) groups is 1. The van der Waals surface area contributed by atoms with Crippen molar-refractivity contribution in [2.45, 2.75) is 24.8 Å². The summed E-state index contributed by atoms with van der Waals surface area (Å²) in [5.41, 5.74) is 4.64. The van der Waals surface area contributed by atoms with Crippen LogP contribution in [-0.4, -0.2) is 20.4 Å². The fraction of sp³-hybridized carbons (Fsp3) is 0.100. The highest BCUT2D eigenvalue weighted by Crippen LogP contribution is 2.27. The molecule has 0 atom stereocenters. The molecule has 0 aliphatic rings. The van der Waals surface area contributed by atoms with E-state index in [9.17, 15) is 19.7 Å². The first-order valence-corrected chi connectivity index (χ1v) is 13.1. The van der Waals surface area contributed by atoms with Gasteiger partial charge in [0.25, 0.3) is 17.2 Å². The quantitative estimate of drug-likeness (QED) is 0.111. The van der Waals surface area contributed by atoms with E-state index in [1.54, 1.807) is 30.3 Å². The van der Waals surface area contributed by atoms with Crippen LogP contribution in [0.4, 0.5) is 11.4 Å². The zero-order valence-electron chi connectivity index (χ0n) is 21.3. The van der Waals surface area contributed by atoms with Gasteiger partial charge in [0.2, 0.25) is 0 Å². The normalized spacial score (nSPS) is 10.9. The number of carbonyl (C=O) groups is 1. The Balaban J connectivity index is 1.54. The smallest absolute Gasteiger partial charge is 0.269 e. The number of aryl methyl sites for hydroxylation is 2. The van der Waals surface area contributed by atoms with Crippen LogP contribution in [0.15, 0.2) is 101 Å². The maximum absolute atomic E-state index is 13.7. The van der Waals surface area contributed by atoms with Gasteiger partial charge in [0.05, 0.1) is 21.5 Å². The largest absolute Gasteiger partial charge is 0.322 e. The Hall–Kier alpha value is -4.76. The Morgan fingerprint density at radius 3 is 2.41 bits per heavy atom. The van der Waals surface area contributed by atoms with Crippen molar-refractivity contribution in [2.75, 3.05) is 5.32 Å². The zero-order valence-corrected chi connectivity index (χ0v) is 22.1. The number of para-hydroxylation sites is 1. The number of non-ortho nitro benzene ring substituents is 1. The molecule has 0 radical (unpaired) electrons. The maximum Gasteiger partial charge on any atom is 0.269 e. The molecule has 0 aliphatic heterocycles. The monoisotopic (exact) mass is 536 g/mol. The lowest BCUT2D eigenvalue weighted by Gasteiger charge is -2.14. The average molecular weight is 537 g/mol. The van der Waals surface area contributed by atoms with Crippen LogP contribution in [0.2, 0.25) is 0 Å². The molecule has 0 fully saturated rings. The number of nitro benzene ring substituents is 1. The Labute approximate surface area is 228 Å². The van der Waals surface area contributed by atoms with E-state index < -0.39 is 4.92 Å². The Kier molecular flexibility index (Phi) is 7.25.